The molecule has 0 saturated carbocycles. The zero-order valence-electron chi connectivity index (χ0n) is 11.5. The fourth-order valence-electron chi connectivity index (χ4n) is 2.42. The van der Waals surface area contributed by atoms with Crippen LogP contribution in [0.2, 0.25) is 0 Å². The topological polar surface area (TPSA) is 58.4 Å². The number of nitrogens with one attached hydrogen (secondary N) is 1. The first-order valence-electron chi connectivity index (χ1n) is 6.86. The smallest absolute Gasteiger partial charge is 0.238 e. The van der Waals surface area contributed by atoms with Gasteiger partial charge >= 0.3 is 0 Å². The van der Waals surface area contributed by atoms with E-state index in [0.29, 0.717) is 12.5 Å². The third-order valence-electron chi connectivity index (χ3n) is 3.68. The Kier molecular flexibility index (Phi) is 7.43. The summed E-state index contributed by atoms with van der Waals surface area (Å²) in [6.07, 6.45) is 2.20. The molecule has 0 radical (unpaired) electrons. The predicted molar refractivity (Wildman–Crippen MR) is 111 cm³/mol. The Morgan fingerprint density at radius 1 is 1.24 bits per heavy atom. The summed E-state index contributed by atoms with van der Waals surface area (Å²) >= 11 is 6.83. The summed E-state index contributed by atoms with van der Waals surface area (Å²) in [4.78, 5) is 14.5. The van der Waals surface area contributed by atoms with Crippen LogP contribution in [-0.4, -0.2) is 37.0 Å². The average molecular weight is 625 g/mol. The zero-order chi connectivity index (χ0) is 15.4. The molecule has 1 fully saturated rings. The molecule has 1 saturated heterocycles. The van der Waals surface area contributed by atoms with Gasteiger partial charge in [0, 0.05) is 10.7 Å². The van der Waals surface area contributed by atoms with Gasteiger partial charge in [0.05, 0.1) is 12.2 Å². The Bertz CT molecular complexity index is 493. The number of rotatable bonds is 4. The summed E-state index contributed by atoms with van der Waals surface area (Å²) in [6, 6.07) is 4.15. The standard InChI is InChI=1S/C14H18I3N3O/c15-10-5-11(16)14(12(17)6-10)19-13(21)8-20-3-1-9(7-18)2-4-20/h5-6,9H,1-4,7-8,18H2,(H,19,21). The Hall–Kier alpha value is 0.800. The van der Waals surface area contributed by atoms with Gasteiger partial charge in [0.15, 0.2) is 0 Å². The SMILES string of the molecule is NCC1CCN(CC(=O)Nc2c(I)cc(I)cc2I)CC1. The molecule has 0 bridgehead atoms. The highest BCUT2D eigenvalue weighted by atomic mass is 127. The number of halogens is 3. The molecule has 0 aromatic heterocycles. The molecule has 0 spiro atoms. The van der Waals surface area contributed by atoms with Crippen molar-refractivity contribution in [3.05, 3.63) is 22.8 Å². The summed E-state index contributed by atoms with van der Waals surface area (Å²) in [7, 11) is 0. The van der Waals surface area contributed by atoms with Crippen molar-refractivity contribution in [2.24, 2.45) is 11.7 Å². The lowest BCUT2D eigenvalue weighted by atomic mass is 9.97. The van der Waals surface area contributed by atoms with E-state index in [1.54, 1.807) is 0 Å². The summed E-state index contributed by atoms with van der Waals surface area (Å²) in [5.74, 6) is 0.695. The lowest BCUT2D eigenvalue weighted by Gasteiger charge is -2.30. The predicted octanol–water partition coefficient (Wildman–Crippen LogP) is 3.11. The Morgan fingerprint density at radius 3 is 2.33 bits per heavy atom. The molecular formula is C14H18I3N3O. The lowest BCUT2D eigenvalue weighted by Crippen LogP contribution is -2.40. The van der Waals surface area contributed by atoms with Crippen LogP contribution in [0.15, 0.2) is 12.1 Å². The molecule has 1 aromatic carbocycles. The van der Waals surface area contributed by atoms with Crippen molar-refractivity contribution < 1.29 is 4.79 Å². The van der Waals surface area contributed by atoms with E-state index < -0.39 is 0 Å². The maximum atomic E-state index is 12.2. The van der Waals surface area contributed by atoms with Crippen LogP contribution < -0.4 is 11.1 Å². The molecule has 21 heavy (non-hydrogen) atoms. The summed E-state index contributed by atoms with van der Waals surface area (Å²) < 4.78 is 3.35. The number of anilines is 1. The molecular weight excluding hydrogens is 607 g/mol. The first-order chi connectivity index (χ1) is 9.99. The molecule has 0 unspecified atom stereocenters. The van der Waals surface area contributed by atoms with Gasteiger partial charge in [-0.2, -0.15) is 0 Å². The first-order valence-corrected chi connectivity index (χ1v) is 10.1. The highest BCUT2D eigenvalue weighted by molar-refractivity contribution is 14.1. The van der Waals surface area contributed by atoms with Gasteiger partial charge in [-0.25, -0.2) is 0 Å². The Balaban J connectivity index is 1.91. The number of benzene rings is 1. The van der Waals surface area contributed by atoms with E-state index in [0.717, 1.165) is 45.3 Å². The third-order valence-corrected chi connectivity index (χ3v) is 6.00. The molecule has 3 N–H and O–H groups in total. The molecule has 7 heteroatoms. The number of carbonyl (C=O) groups excluding carboxylic acids is 1. The number of carbonyl (C=O) groups is 1. The van der Waals surface area contributed by atoms with Crippen molar-refractivity contribution >= 4 is 79.4 Å². The number of hydrogen-bond donors (Lipinski definition) is 2. The first kappa shape index (κ1) is 18.1. The number of amides is 1. The van der Waals surface area contributed by atoms with Gasteiger partial charge in [-0.15, -0.1) is 0 Å². The van der Waals surface area contributed by atoms with Crippen molar-refractivity contribution in [1.82, 2.24) is 4.90 Å². The lowest BCUT2D eigenvalue weighted by molar-refractivity contribution is -0.117. The molecule has 0 aliphatic carbocycles. The number of nitrogens with zero attached hydrogens (tertiary/aromatic N) is 1. The Labute approximate surface area is 166 Å². The largest absolute Gasteiger partial charge is 0.330 e. The molecule has 2 rings (SSSR count). The van der Waals surface area contributed by atoms with Gasteiger partial charge < -0.3 is 11.1 Å². The highest BCUT2D eigenvalue weighted by Gasteiger charge is 2.20. The second-order valence-electron chi connectivity index (χ2n) is 5.25. The van der Waals surface area contributed by atoms with E-state index in [2.05, 4.69) is 90.1 Å². The van der Waals surface area contributed by atoms with Crippen LogP contribution in [0.1, 0.15) is 12.8 Å². The van der Waals surface area contributed by atoms with Gasteiger partial charge in [-0.3, -0.25) is 9.69 Å². The Morgan fingerprint density at radius 2 is 1.81 bits per heavy atom. The monoisotopic (exact) mass is 625 g/mol. The second kappa shape index (κ2) is 8.60. The minimum Gasteiger partial charge on any atom is -0.330 e. The molecule has 1 amide bonds. The second-order valence-corrected chi connectivity index (χ2v) is 8.82. The molecule has 4 nitrogen and oxygen atoms in total. The van der Waals surface area contributed by atoms with Crippen molar-refractivity contribution in [2.45, 2.75) is 12.8 Å². The average Bonchev–Trinajstić information content (AvgIpc) is 2.43. The molecule has 116 valence electrons. The minimum absolute atomic E-state index is 0.0678. The number of piperidine rings is 1. The van der Waals surface area contributed by atoms with Crippen LogP contribution in [0.5, 0.6) is 0 Å². The van der Waals surface area contributed by atoms with Crippen molar-refractivity contribution in [1.29, 1.82) is 0 Å². The van der Waals surface area contributed by atoms with Gasteiger partial charge in [0.2, 0.25) is 5.91 Å². The third kappa shape index (κ3) is 5.43. The fourth-order valence-corrected chi connectivity index (χ4v) is 6.28. The number of nitrogens with two attached hydrogens (primary N) is 1. The minimum atomic E-state index is 0.0678. The highest BCUT2D eigenvalue weighted by Crippen LogP contribution is 2.27. The molecule has 0 atom stereocenters. The number of likely N-dealkylation sites (tertiary alicyclic amines) is 1. The van der Waals surface area contributed by atoms with Gasteiger partial charge in [-0.1, -0.05) is 0 Å². The van der Waals surface area contributed by atoms with Gasteiger partial charge in [0.25, 0.3) is 0 Å². The van der Waals surface area contributed by atoms with Crippen molar-refractivity contribution in [3.63, 3.8) is 0 Å². The molecule has 1 aliphatic rings. The van der Waals surface area contributed by atoms with E-state index >= 15 is 0 Å². The molecule has 1 heterocycles. The summed E-state index contributed by atoms with van der Waals surface area (Å²) in [5, 5.41) is 3.05. The molecule has 1 aromatic rings. The van der Waals surface area contributed by atoms with Crippen LogP contribution in [0.4, 0.5) is 5.69 Å². The quantitative estimate of drug-likeness (QED) is 0.507. The summed E-state index contributed by atoms with van der Waals surface area (Å²) in [5.41, 5.74) is 6.63. The van der Waals surface area contributed by atoms with E-state index in [1.165, 1.54) is 3.57 Å². The maximum absolute atomic E-state index is 12.2. The van der Waals surface area contributed by atoms with Crippen molar-refractivity contribution in [2.75, 3.05) is 31.5 Å². The van der Waals surface area contributed by atoms with Crippen LogP contribution in [0, 0.1) is 16.6 Å². The normalized spacial score (nSPS) is 17.0. The zero-order valence-corrected chi connectivity index (χ0v) is 18.0. The van der Waals surface area contributed by atoms with Crippen molar-refractivity contribution in [3.8, 4) is 0 Å². The van der Waals surface area contributed by atoms with Crippen LogP contribution >= 0.6 is 67.8 Å². The maximum Gasteiger partial charge on any atom is 0.238 e. The van der Waals surface area contributed by atoms with Gasteiger partial charge in [0.1, 0.15) is 0 Å². The van der Waals surface area contributed by atoms with Gasteiger partial charge in [-0.05, 0) is 118 Å². The van der Waals surface area contributed by atoms with Crippen LogP contribution in [0.25, 0.3) is 0 Å². The summed E-state index contributed by atoms with van der Waals surface area (Å²) in [6.45, 7) is 3.17. The van der Waals surface area contributed by atoms with Crippen LogP contribution in [-0.2, 0) is 4.79 Å². The number of hydrogen-bond acceptors (Lipinski definition) is 3. The van der Waals surface area contributed by atoms with E-state index in [-0.39, 0.29) is 5.91 Å². The van der Waals surface area contributed by atoms with E-state index in [9.17, 15) is 4.79 Å². The van der Waals surface area contributed by atoms with E-state index in [4.69, 9.17) is 5.73 Å². The van der Waals surface area contributed by atoms with Crippen LogP contribution in [0.3, 0.4) is 0 Å². The molecule has 1 aliphatic heterocycles. The van der Waals surface area contributed by atoms with E-state index in [1.807, 2.05) is 0 Å². The fraction of sp³-hybridized carbons (Fsp3) is 0.500.